The van der Waals surface area contributed by atoms with Crippen molar-refractivity contribution in [3.8, 4) is 0 Å². The number of fused-ring (bicyclic) bond motifs is 1. The molecule has 0 amide bonds. The number of aromatic nitrogens is 5. The van der Waals surface area contributed by atoms with Crippen LogP contribution in [0.1, 0.15) is 29.8 Å². The smallest absolute Gasteiger partial charge is 0.361 e. The summed E-state index contributed by atoms with van der Waals surface area (Å²) in [4.78, 5) is 27.5. The first kappa shape index (κ1) is 12.7. The molecule has 3 rings (SSSR count). The Labute approximate surface area is 112 Å². The van der Waals surface area contributed by atoms with Gasteiger partial charge in [0.2, 0.25) is 0 Å². The third kappa shape index (κ3) is 1.95. The van der Waals surface area contributed by atoms with E-state index in [1.165, 1.54) is 13.4 Å². The Morgan fingerprint density at radius 3 is 3.00 bits per heavy atom. The number of nitrogens with zero attached hydrogens (tertiary/aromatic N) is 5. The second kappa shape index (κ2) is 4.66. The molecular formula is C11H12FN5O3. The molecule has 106 valence electrons. The molecule has 0 bridgehead atoms. The van der Waals surface area contributed by atoms with Crippen LogP contribution in [0.15, 0.2) is 11.1 Å². The first-order chi connectivity index (χ1) is 9.58. The van der Waals surface area contributed by atoms with E-state index < -0.39 is 23.9 Å². The van der Waals surface area contributed by atoms with Crippen LogP contribution in [0.5, 0.6) is 0 Å². The number of rotatable bonds is 2. The quantitative estimate of drug-likeness (QED) is 0.712. The number of carbonyl (C=O) groups excluding carboxylic acids is 1. The molecule has 2 unspecified atom stereocenters. The maximum atomic E-state index is 13.4. The molecule has 0 spiro atoms. The summed E-state index contributed by atoms with van der Waals surface area (Å²) >= 11 is 0. The number of alkyl halides is 1. The van der Waals surface area contributed by atoms with Gasteiger partial charge in [0.05, 0.1) is 0 Å². The molecule has 20 heavy (non-hydrogen) atoms. The fourth-order valence-corrected chi connectivity index (χ4v) is 2.23. The maximum Gasteiger partial charge on any atom is 0.361 e. The van der Waals surface area contributed by atoms with Gasteiger partial charge in [-0.25, -0.2) is 23.4 Å². The van der Waals surface area contributed by atoms with Crippen LogP contribution in [0.4, 0.5) is 4.39 Å². The normalized spacial score (nSPS) is 22.3. The molecule has 1 aliphatic rings. The fourth-order valence-electron chi connectivity index (χ4n) is 2.23. The minimum Gasteiger partial charge on any atom is -0.454 e. The van der Waals surface area contributed by atoms with E-state index in [1.807, 2.05) is 0 Å². The lowest BCUT2D eigenvalue weighted by Crippen LogP contribution is -2.28. The third-order valence-corrected chi connectivity index (χ3v) is 3.32. The molecular weight excluding hydrogens is 269 g/mol. The Hall–Kier alpha value is -2.32. The van der Waals surface area contributed by atoms with Gasteiger partial charge in [0.1, 0.15) is 18.6 Å². The highest BCUT2D eigenvalue weighted by Crippen LogP contribution is 2.25. The third-order valence-electron chi connectivity index (χ3n) is 3.32. The van der Waals surface area contributed by atoms with Crippen molar-refractivity contribution in [1.82, 2.24) is 24.4 Å². The van der Waals surface area contributed by atoms with Crippen LogP contribution in [0, 0.1) is 0 Å². The van der Waals surface area contributed by atoms with E-state index in [2.05, 4.69) is 15.3 Å². The van der Waals surface area contributed by atoms with Gasteiger partial charge in [-0.2, -0.15) is 4.68 Å². The summed E-state index contributed by atoms with van der Waals surface area (Å²) in [6.45, 7) is 0. The van der Waals surface area contributed by atoms with Crippen LogP contribution >= 0.6 is 0 Å². The average molecular weight is 281 g/mol. The SMILES string of the molecule is Cn1nnc2c(C(=O)OC3CCCC3F)ncn2c1=O. The topological polar surface area (TPSA) is 91.4 Å². The predicted octanol–water partition coefficient (Wildman–Crippen LogP) is -0.130. The van der Waals surface area contributed by atoms with Crippen molar-refractivity contribution < 1.29 is 13.9 Å². The number of carbonyl (C=O) groups is 1. The molecule has 2 aromatic rings. The summed E-state index contributed by atoms with van der Waals surface area (Å²) in [5.41, 5.74) is -0.605. The first-order valence-electron chi connectivity index (χ1n) is 6.20. The van der Waals surface area contributed by atoms with Crippen molar-refractivity contribution in [1.29, 1.82) is 0 Å². The number of ether oxygens (including phenoxy) is 1. The largest absolute Gasteiger partial charge is 0.454 e. The van der Waals surface area contributed by atoms with E-state index >= 15 is 0 Å². The minimum absolute atomic E-state index is 0.00602. The molecule has 1 fully saturated rings. The van der Waals surface area contributed by atoms with Gasteiger partial charge in [-0.15, -0.1) is 5.10 Å². The number of imidazole rings is 1. The van der Waals surface area contributed by atoms with Crippen molar-refractivity contribution in [2.75, 3.05) is 0 Å². The van der Waals surface area contributed by atoms with Crippen LogP contribution < -0.4 is 5.69 Å². The zero-order chi connectivity index (χ0) is 14.3. The number of hydrogen-bond donors (Lipinski definition) is 0. The van der Waals surface area contributed by atoms with Crippen LogP contribution in [0.3, 0.4) is 0 Å². The molecule has 2 heterocycles. The van der Waals surface area contributed by atoms with Gasteiger partial charge in [0.15, 0.2) is 11.3 Å². The molecule has 1 saturated carbocycles. The first-order valence-corrected chi connectivity index (χ1v) is 6.20. The predicted molar refractivity (Wildman–Crippen MR) is 64.0 cm³/mol. The number of aryl methyl sites for hydroxylation is 1. The van der Waals surface area contributed by atoms with E-state index in [0.717, 1.165) is 9.08 Å². The van der Waals surface area contributed by atoms with Gasteiger partial charge in [-0.05, 0) is 19.3 Å². The van der Waals surface area contributed by atoms with Crippen LogP contribution in [-0.4, -0.2) is 42.6 Å². The van der Waals surface area contributed by atoms with E-state index in [-0.39, 0.29) is 11.3 Å². The van der Waals surface area contributed by atoms with Gasteiger partial charge in [-0.3, -0.25) is 0 Å². The lowest BCUT2D eigenvalue weighted by Gasteiger charge is -2.12. The summed E-state index contributed by atoms with van der Waals surface area (Å²) in [6, 6.07) is 0. The summed E-state index contributed by atoms with van der Waals surface area (Å²) in [5, 5.41) is 7.32. The second-order valence-electron chi connectivity index (χ2n) is 4.67. The van der Waals surface area contributed by atoms with Gasteiger partial charge < -0.3 is 4.74 Å². The summed E-state index contributed by atoms with van der Waals surface area (Å²) in [7, 11) is 1.43. The Bertz CT molecular complexity index is 724. The molecule has 1 aliphatic carbocycles. The van der Waals surface area contributed by atoms with Crippen LogP contribution in [-0.2, 0) is 11.8 Å². The Morgan fingerprint density at radius 2 is 2.30 bits per heavy atom. The Balaban J connectivity index is 1.92. The van der Waals surface area contributed by atoms with Crippen molar-refractivity contribution >= 4 is 11.6 Å². The highest BCUT2D eigenvalue weighted by Gasteiger charge is 2.32. The summed E-state index contributed by atoms with van der Waals surface area (Å²) in [5.74, 6) is -0.787. The monoisotopic (exact) mass is 281 g/mol. The molecule has 0 N–H and O–H groups in total. The van der Waals surface area contributed by atoms with Gasteiger partial charge in [0, 0.05) is 7.05 Å². The highest BCUT2D eigenvalue weighted by molar-refractivity contribution is 5.93. The summed E-state index contributed by atoms with van der Waals surface area (Å²) in [6.07, 6.45) is 0.841. The molecule has 0 saturated heterocycles. The Morgan fingerprint density at radius 1 is 1.50 bits per heavy atom. The van der Waals surface area contributed by atoms with Crippen molar-refractivity contribution in [2.24, 2.45) is 7.05 Å². The molecule has 2 aromatic heterocycles. The molecule has 0 radical (unpaired) electrons. The van der Waals surface area contributed by atoms with E-state index in [9.17, 15) is 14.0 Å². The number of hydrogen-bond acceptors (Lipinski definition) is 6. The maximum absolute atomic E-state index is 13.4. The van der Waals surface area contributed by atoms with Crippen LogP contribution in [0.25, 0.3) is 5.65 Å². The second-order valence-corrected chi connectivity index (χ2v) is 4.67. The van der Waals surface area contributed by atoms with Gasteiger partial charge in [0.25, 0.3) is 0 Å². The molecule has 0 aliphatic heterocycles. The standard InChI is InChI=1S/C11H12FN5O3/c1-16-11(19)17-5-13-8(9(17)14-15-16)10(18)20-7-4-2-3-6(7)12/h5-7H,2-4H2,1H3. The number of esters is 1. The van der Waals surface area contributed by atoms with Gasteiger partial charge in [-0.1, -0.05) is 5.21 Å². The molecule has 0 aromatic carbocycles. The lowest BCUT2D eigenvalue weighted by molar-refractivity contribution is 0.0144. The van der Waals surface area contributed by atoms with E-state index in [4.69, 9.17) is 4.74 Å². The minimum atomic E-state index is -1.15. The van der Waals surface area contributed by atoms with E-state index in [1.54, 1.807) is 0 Å². The van der Waals surface area contributed by atoms with Crippen molar-refractivity contribution in [2.45, 2.75) is 31.5 Å². The Kier molecular flexibility index (Phi) is 2.96. The summed E-state index contributed by atoms with van der Waals surface area (Å²) < 4.78 is 20.6. The zero-order valence-corrected chi connectivity index (χ0v) is 10.7. The number of halogens is 1. The van der Waals surface area contributed by atoms with E-state index in [0.29, 0.717) is 19.3 Å². The van der Waals surface area contributed by atoms with Crippen molar-refractivity contribution in [3.05, 3.63) is 22.5 Å². The molecule has 9 heteroatoms. The van der Waals surface area contributed by atoms with Crippen molar-refractivity contribution in [3.63, 3.8) is 0 Å². The average Bonchev–Trinajstić information content (AvgIpc) is 3.01. The zero-order valence-electron chi connectivity index (χ0n) is 10.7. The fraction of sp³-hybridized carbons (Fsp3) is 0.545. The molecule has 2 atom stereocenters. The molecule has 8 nitrogen and oxygen atoms in total. The van der Waals surface area contributed by atoms with Crippen LogP contribution in [0.2, 0.25) is 0 Å². The van der Waals surface area contributed by atoms with Gasteiger partial charge >= 0.3 is 11.7 Å². The highest BCUT2D eigenvalue weighted by atomic mass is 19.1. The lowest BCUT2D eigenvalue weighted by atomic mass is 10.3.